The molecule has 0 aromatic carbocycles. The van der Waals surface area contributed by atoms with E-state index in [9.17, 15) is 0 Å². The van der Waals surface area contributed by atoms with Crippen molar-refractivity contribution in [3.05, 3.63) is 24.5 Å². The number of aromatic nitrogens is 2. The highest BCUT2D eigenvalue weighted by atomic mass is 31.0. The average molecular weight is 218 g/mol. The van der Waals surface area contributed by atoms with Crippen LogP contribution >= 0.6 is 9.12 Å². The lowest BCUT2D eigenvalue weighted by Gasteiger charge is -2.27. The summed E-state index contributed by atoms with van der Waals surface area (Å²) in [7, 11) is 2.72. The van der Waals surface area contributed by atoms with Crippen LogP contribution in [0.4, 0.5) is 0 Å². The van der Waals surface area contributed by atoms with Crippen molar-refractivity contribution in [1.82, 2.24) is 9.55 Å². The molecule has 2 aromatic heterocycles. The van der Waals surface area contributed by atoms with Crippen LogP contribution < -0.4 is 5.46 Å². The van der Waals surface area contributed by atoms with Gasteiger partial charge in [0.25, 0.3) is 0 Å². The SMILES string of the molecule is PBc1cnc2c(ccn2C2COC2)c1. The third kappa shape index (κ3) is 1.49. The lowest BCUT2D eigenvalue weighted by molar-refractivity contribution is -0.0216. The van der Waals surface area contributed by atoms with E-state index in [4.69, 9.17) is 4.74 Å². The third-order valence-corrected chi connectivity index (χ3v) is 3.33. The van der Waals surface area contributed by atoms with Gasteiger partial charge in [-0.25, -0.2) is 4.98 Å². The van der Waals surface area contributed by atoms with Crippen molar-refractivity contribution in [2.24, 2.45) is 0 Å². The topological polar surface area (TPSA) is 27.1 Å². The molecule has 0 bridgehead atoms. The van der Waals surface area contributed by atoms with Gasteiger partial charge in [0, 0.05) is 17.8 Å². The lowest BCUT2D eigenvalue weighted by atomic mass is 9.96. The van der Waals surface area contributed by atoms with Gasteiger partial charge in [-0.05, 0) is 6.07 Å². The van der Waals surface area contributed by atoms with Crippen LogP contribution in [0.5, 0.6) is 0 Å². The summed E-state index contributed by atoms with van der Waals surface area (Å²) in [6.07, 6.45) is 4.06. The van der Waals surface area contributed by atoms with Crippen molar-refractivity contribution in [2.75, 3.05) is 13.2 Å². The maximum atomic E-state index is 5.20. The van der Waals surface area contributed by atoms with E-state index < -0.39 is 0 Å². The molecule has 3 nitrogen and oxygen atoms in total. The summed E-state index contributed by atoms with van der Waals surface area (Å²) in [6.45, 7) is 2.59. The number of nitrogens with zero attached hydrogens (tertiary/aromatic N) is 2. The fourth-order valence-corrected chi connectivity index (χ4v) is 2.10. The highest BCUT2D eigenvalue weighted by Crippen LogP contribution is 2.22. The second-order valence-corrected chi connectivity index (χ2v) is 4.28. The minimum Gasteiger partial charge on any atom is -0.377 e. The van der Waals surface area contributed by atoms with Crippen LogP contribution in [-0.4, -0.2) is 29.8 Å². The molecule has 0 N–H and O–H groups in total. The molecule has 1 aliphatic heterocycles. The molecule has 15 heavy (non-hydrogen) atoms. The molecule has 0 spiro atoms. The molecule has 1 saturated heterocycles. The van der Waals surface area contributed by atoms with E-state index >= 15 is 0 Å². The molecule has 76 valence electrons. The molecule has 0 aliphatic carbocycles. The minimum absolute atomic E-state index is 0.483. The molecule has 0 amide bonds. The number of ether oxygens (including phenoxy) is 1. The Morgan fingerprint density at radius 3 is 3.07 bits per heavy atom. The van der Waals surface area contributed by atoms with E-state index in [2.05, 4.69) is 37.0 Å². The Hall–Kier alpha value is -0.855. The second kappa shape index (κ2) is 3.62. The lowest BCUT2D eigenvalue weighted by Crippen LogP contribution is -2.30. The highest BCUT2D eigenvalue weighted by molar-refractivity contribution is 7.58. The molecule has 2 aromatic rings. The molecule has 1 fully saturated rings. The molecular formula is C10H12BN2OP. The van der Waals surface area contributed by atoms with Gasteiger partial charge in [-0.3, -0.25) is 0 Å². The van der Waals surface area contributed by atoms with Gasteiger partial charge in [0.05, 0.1) is 19.3 Å². The first-order valence-electron chi connectivity index (χ1n) is 5.12. The summed E-state index contributed by atoms with van der Waals surface area (Å²) in [6, 6.07) is 4.81. The summed E-state index contributed by atoms with van der Waals surface area (Å²) in [5.74, 6) is 0. The quantitative estimate of drug-likeness (QED) is 0.540. The minimum atomic E-state index is 0.483. The van der Waals surface area contributed by atoms with E-state index in [1.807, 2.05) is 6.20 Å². The first-order valence-corrected chi connectivity index (χ1v) is 5.93. The molecule has 3 heterocycles. The summed E-state index contributed by atoms with van der Waals surface area (Å²) < 4.78 is 7.41. The van der Waals surface area contributed by atoms with Gasteiger partial charge in [-0.1, -0.05) is 11.5 Å². The van der Waals surface area contributed by atoms with Crippen molar-refractivity contribution in [2.45, 2.75) is 6.04 Å². The van der Waals surface area contributed by atoms with E-state index in [1.54, 1.807) is 0 Å². The fourth-order valence-electron chi connectivity index (χ4n) is 1.88. The van der Waals surface area contributed by atoms with Crippen LogP contribution in [0.1, 0.15) is 6.04 Å². The van der Waals surface area contributed by atoms with Gasteiger partial charge in [0.1, 0.15) is 5.65 Å². The van der Waals surface area contributed by atoms with Gasteiger partial charge in [0.15, 0.2) is 7.00 Å². The van der Waals surface area contributed by atoms with Crippen molar-refractivity contribution in [1.29, 1.82) is 0 Å². The average Bonchev–Trinajstić information content (AvgIpc) is 2.59. The van der Waals surface area contributed by atoms with Gasteiger partial charge < -0.3 is 9.30 Å². The van der Waals surface area contributed by atoms with Crippen molar-refractivity contribution in [3.63, 3.8) is 0 Å². The van der Waals surface area contributed by atoms with E-state index in [1.165, 1.54) is 10.8 Å². The van der Waals surface area contributed by atoms with Gasteiger partial charge in [0.2, 0.25) is 0 Å². The fraction of sp³-hybridized carbons (Fsp3) is 0.300. The van der Waals surface area contributed by atoms with Gasteiger partial charge in [-0.15, -0.1) is 0 Å². The Labute approximate surface area is 91.2 Å². The Balaban J connectivity index is 2.09. The molecule has 5 heteroatoms. The Morgan fingerprint density at radius 1 is 1.53 bits per heavy atom. The number of hydrogen-bond donors (Lipinski definition) is 0. The van der Waals surface area contributed by atoms with Crippen LogP contribution in [0, 0.1) is 0 Å². The van der Waals surface area contributed by atoms with Crippen molar-refractivity contribution in [3.8, 4) is 0 Å². The number of fused-ring (bicyclic) bond motifs is 1. The summed E-state index contributed by atoms with van der Waals surface area (Å²) in [5.41, 5.74) is 2.33. The van der Waals surface area contributed by atoms with Gasteiger partial charge >= 0.3 is 0 Å². The summed E-state index contributed by atoms with van der Waals surface area (Å²) in [4.78, 5) is 4.51. The Kier molecular flexibility index (Phi) is 2.26. The largest absolute Gasteiger partial charge is 0.377 e. The maximum absolute atomic E-state index is 5.20. The maximum Gasteiger partial charge on any atom is 0.182 e. The summed E-state index contributed by atoms with van der Waals surface area (Å²) in [5, 5.41) is 1.22. The Bertz CT molecular complexity index is 495. The standard InChI is InChI=1S/C10H12BN2OP/c15-11-8-3-7-1-2-13(9-5-14-6-9)10(7)12-4-8/h1-4,9,11H,5-6,15H2. The summed E-state index contributed by atoms with van der Waals surface area (Å²) >= 11 is 0. The zero-order valence-corrected chi connectivity index (χ0v) is 9.54. The van der Waals surface area contributed by atoms with Gasteiger partial charge in [-0.2, -0.15) is 9.12 Å². The molecule has 3 rings (SSSR count). The molecule has 0 radical (unpaired) electrons. The zero-order chi connectivity index (χ0) is 10.3. The van der Waals surface area contributed by atoms with Crippen LogP contribution in [0.2, 0.25) is 0 Å². The molecular weight excluding hydrogens is 206 g/mol. The first-order chi connectivity index (χ1) is 7.38. The third-order valence-electron chi connectivity index (χ3n) is 2.86. The van der Waals surface area contributed by atoms with E-state index in [0.29, 0.717) is 6.04 Å². The van der Waals surface area contributed by atoms with Crippen LogP contribution in [0.25, 0.3) is 11.0 Å². The van der Waals surface area contributed by atoms with Crippen molar-refractivity contribution >= 4 is 32.6 Å². The second-order valence-electron chi connectivity index (χ2n) is 3.87. The first kappa shape index (κ1) is 9.38. The Morgan fingerprint density at radius 2 is 2.40 bits per heavy atom. The number of rotatable bonds is 2. The number of hydrogen-bond acceptors (Lipinski definition) is 2. The van der Waals surface area contributed by atoms with Crippen LogP contribution in [0.3, 0.4) is 0 Å². The van der Waals surface area contributed by atoms with Crippen LogP contribution in [-0.2, 0) is 4.74 Å². The normalized spacial score (nSPS) is 16.6. The molecule has 1 atom stereocenters. The molecule has 0 saturated carbocycles. The number of pyridine rings is 1. The van der Waals surface area contributed by atoms with E-state index in [0.717, 1.165) is 25.9 Å². The van der Waals surface area contributed by atoms with Crippen molar-refractivity contribution < 1.29 is 4.74 Å². The predicted molar refractivity (Wildman–Crippen MR) is 66.1 cm³/mol. The molecule has 1 unspecified atom stereocenters. The zero-order valence-electron chi connectivity index (χ0n) is 8.39. The van der Waals surface area contributed by atoms with Crippen LogP contribution in [0.15, 0.2) is 24.5 Å². The van der Waals surface area contributed by atoms with E-state index in [-0.39, 0.29) is 0 Å². The predicted octanol–water partition coefficient (Wildman–Crippen LogP) is 0.459. The smallest absolute Gasteiger partial charge is 0.182 e. The monoisotopic (exact) mass is 218 g/mol. The highest BCUT2D eigenvalue weighted by Gasteiger charge is 2.21. The molecule has 1 aliphatic rings.